The second kappa shape index (κ2) is 8.83. The van der Waals surface area contributed by atoms with Crippen molar-refractivity contribution in [1.29, 1.82) is 5.26 Å². The molecule has 2 aromatic heterocycles. The van der Waals surface area contributed by atoms with Crippen LogP contribution in [-0.4, -0.2) is 26.1 Å². The fourth-order valence-corrected chi connectivity index (χ4v) is 5.38. The number of hydrogen-bond donors (Lipinski definition) is 1. The van der Waals surface area contributed by atoms with E-state index in [1.807, 2.05) is 0 Å². The maximum Gasteiger partial charge on any atom is 0.416 e. The van der Waals surface area contributed by atoms with E-state index in [9.17, 15) is 23.2 Å². The molecule has 4 rings (SSSR count). The lowest BCUT2D eigenvalue weighted by Crippen LogP contribution is -2.26. The molecular weight excluding hydrogens is 465 g/mol. The molecule has 0 saturated heterocycles. The lowest BCUT2D eigenvalue weighted by Gasteiger charge is -2.33. The maximum absolute atomic E-state index is 13.0. The van der Waals surface area contributed by atoms with Crippen LogP contribution in [0.25, 0.3) is 11.4 Å². The number of hydrogen-bond acceptors (Lipinski definition) is 6. The van der Waals surface area contributed by atoms with Gasteiger partial charge in [-0.3, -0.25) is 4.79 Å². The molecule has 1 amide bonds. The van der Waals surface area contributed by atoms with Gasteiger partial charge in [0.25, 0.3) is 0 Å². The molecule has 1 aliphatic rings. The monoisotopic (exact) mass is 488 g/mol. The molecule has 2 heterocycles. The summed E-state index contributed by atoms with van der Waals surface area (Å²) in [6.07, 6.45) is -1.82. The van der Waals surface area contributed by atoms with Crippen LogP contribution >= 0.6 is 11.3 Å². The third-order valence-electron chi connectivity index (χ3n) is 6.04. The van der Waals surface area contributed by atoms with E-state index in [4.69, 9.17) is 0 Å². The average molecular weight is 489 g/mol. The number of fused-ring (bicyclic) bond motifs is 1. The molecule has 3 aromatic rings. The van der Waals surface area contributed by atoms with E-state index >= 15 is 0 Å². The molecule has 0 fully saturated rings. The van der Waals surface area contributed by atoms with E-state index in [1.54, 1.807) is 0 Å². The molecule has 1 aromatic carbocycles. The highest BCUT2D eigenvalue weighted by atomic mass is 32.1. The van der Waals surface area contributed by atoms with Crippen LogP contribution in [0.2, 0.25) is 0 Å². The van der Waals surface area contributed by atoms with Crippen LogP contribution in [0.1, 0.15) is 48.8 Å². The van der Waals surface area contributed by atoms with Gasteiger partial charge in [0.05, 0.1) is 11.1 Å². The molecule has 7 nitrogen and oxygen atoms in total. The Hall–Kier alpha value is -3.26. The van der Waals surface area contributed by atoms with Crippen LogP contribution < -0.4 is 5.32 Å². The van der Waals surface area contributed by atoms with Crippen molar-refractivity contribution in [3.8, 4) is 17.5 Å². The fraction of sp³-hybridized carbons (Fsp3) is 0.435. The van der Waals surface area contributed by atoms with Gasteiger partial charge in [0, 0.05) is 10.4 Å². The number of halogens is 3. The Morgan fingerprint density at radius 1 is 1.32 bits per heavy atom. The highest BCUT2D eigenvalue weighted by Gasteiger charge is 2.33. The number of thiophene rings is 1. The van der Waals surface area contributed by atoms with E-state index in [0.29, 0.717) is 16.5 Å². The number of tetrazole rings is 1. The molecule has 0 spiro atoms. The van der Waals surface area contributed by atoms with E-state index in [1.165, 1.54) is 23.5 Å². The highest BCUT2D eigenvalue weighted by molar-refractivity contribution is 7.16. The average Bonchev–Trinajstić information content (AvgIpc) is 3.35. The van der Waals surface area contributed by atoms with E-state index in [-0.39, 0.29) is 23.3 Å². The van der Waals surface area contributed by atoms with Crippen molar-refractivity contribution in [3.63, 3.8) is 0 Å². The van der Waals surface area contributed by atoms with Crippen LogP contribution in [0.4, 0.5) is 18.2 Å². The summed E-state index contributed by atoms with van der Waals surface area (Å²) in [7, 11) is 0. The van der Waals surface area contributed by atoms with E-state index in [2.05, 4.69) is 47.6 Å². The lowest BCUT2D eigenvalue weighted by molar-refractivity contribution is -0.137. The summed E-state index contributed by atoms with van der Waals surface area (Å²) in [6, 6.07) is 6.81. The van der Waals surface area contributed by atoms with Gasteiger partial charge < -0.3 is 5.32 Å². The summed E-state index contributed by atoms with van der Waals surface area (Å²) in [5.41, 5.74) is 0.991. The quantitative estimate of drug-likeness (QED) is 0.552. The van der Waals surface area contributed by atoms with Crippen molar-refractivity contribution < 1.29 is 18.0 Å². The van der Waals surface area contributed by atoms with Gasteiger partial charge >= 0.3 is 6.18 Å². The largest absolute Gasteiger partial charge is 0.416 e. The van der Waals surface area contributed by atoms with Crippen LogP contribution in [0.3, 0.4) is 0 Å². The molecule has 0 aliphatic heterocycles. The standard InChI is InChI=1S/C23H23F3N6OS/c1-22(2,3)14-7-8-16-17(11-27)21(34-18(16)10-14)28-19(33)12-32-30-20(29-31-32)13-5-4-6-15(9-13)23(24,25)26/h4-6,9,14H,7-8,10,12H2,1-3H3,(H,28,33)/t14-/m1/s1. The van der Waals surface area contributed by atoms with Gasteiger partial charge in [-0.15, -0.1) is 21.5 Å². The third-order valence-corrected chi connectivity index (χ3v) is 7.21. The summed E-state index contributed by atoms with van der Waals surface area (Å²) in [4.78, 5) is 14.8. The normalized spacial score (nSPS) is 16.1. The molecule has 1 aliphatic carbocycles. The highest BCUT2D eigenvalue weighted by Crippen LogP contribution is 2.44. The fourth-order valence-electron chi connectivity index (χ4n) is 4.09. The zero-order valence-electron chi connectivity index (χ0n) is 18.9. The Balaban J connectivity index is 1.47. The Labute approximate surface area is 198 Å². The Bertz CT molecular complexity index is 1260. The molecule has 11 heteroatoms. The van der Waals surface area contributed by atoms with Crippen molar-refractivity contribution in [3.05, 3.63) is 45.8 Å². The molecule has 1 N–H and O–H groups in total. The Morgan fingerprint density at radius 2 is 2.09 bits per heavy atom. The molecule has 0 radical (unpaired) electrons. The van der Waals surface area contributed by atoms with Gasteiger partial charge in [-0.1, -0.05) is 32.9 Å². The molecular formula is C23H23F3N6OS. The van der Waals surface area contributed by atoms with Crippen molar-refractivity contribution in [1.82, 2.24) is 20.2 Å². The second-order valence-corrected chi connectivity index (χ2v) is 10.5. The number of nitrogens with one attached hydrogen (secondary N) is 1. The molecule has 34 heavy (non-hydrogen) atoms. The minimum atomic E-state index is -4.49. The van der Waals surface area contributed by atoms with Gasteiger partial charge in [-0.25, -0.2) is 0 Å². The number of nitrogens with zero attached hydrogens (tertiary/aromatic N) is 5. The number of anilines is 1. The smallest absolute Gasteiger partial charge is 0.315 e. The van der Waals surface area contributed by atoms with Crippen LogP contribution in [0, 0.1) is 22.7 Å². The van der Waals surface area contributed by atoms with Crippen molar-refractivity contribution in [2.24, 2.45) is 11.3 Å². The van der Waals surface area contributed by atoms with E-state index < -0.39 is 17.6 Å². The van der Waals surface area contributed by atoms with Gasteiger partial charge in [0.2, 0.25) is 11.7 Å². The van der Waals surface area contributed by atoms with Crippen LogP contribution in [0.15, 0.2) is 24.3 Å². The first-order valence-corrected chi connectivity index (χ1v) is 11.6. The molecule has 178 valence electrons. The summed E-state index contributed by atoms with van der Waals surface area (Å²) in [5.74, 6) is 0.0363. The number of amides is 1. The predicted octanol–water partition coefficient (Wildman–Crippen LogP) is 5.08. The number of benzene rings is 1. The second-order valence-electron chi connectivity index (χ2n) is 9.40. The van der Waals surface area contributed by atoms with Crippen LogP contribution in [-0.2, 0) is 30.4 Å². The summed E-state index contributed by atoms with van der Waals surface area (Å²) < 4.78 is 38.9. The Kier molecular flexibility index (Phi) is 6.20. The molecule has 1 atom stereocenters. The number of nitriles is 1. The molecule has 0 unspecified atom stereocenters. The Morgan fingerprint density at radius 3 is 2.76 bits per heavy atom. The first-order chi connectivity index (χ1) is 16.0. The summed E-state index contributed by atoms with van der Waals surface area (Å²) in [5, 5.41) is 24.6. The minimum absolute atomic E-state index is 0.0172. The van der Waals surface area contributed by atoms with Crippen molar-refractivity contribution in [2.75, 3.05) is 5.32 Å². The first-order valence-electron chi connectivity index (χ1n) is 10.8. The maximum atomic E-state index is 13.0. The van der Waals surface area contributed by atoms with Gasteiger partial charge in [-0.05, 0) is 53.5 Å². The molecule has 0 bridgehead atoms. The van der Waals surface area contributed by atoms with Gasteiger partial charge in [0.1, 0.15) is 17.6 Å². The van der Waals surface area contributed by atoms with Crippen molar-refractivity contribution >= 4 is 22.2 Å². The predicted molar refractivity (Wildman–Crippen MR) is 121 cm³/mol. The first kappa shape index (κ1) is 23.9. The van der Waals surface area contributed by atoms with E-state index in [0.717, 1.165) is 46.6 Å². The zero-order chi connectivity index (χ0) is 24.7. The number of carbonyl (C=O) groups is 1. The summed E-state index contributed by atoms with van der Waals surface area (Å²) in [6.45, 7) is 6.35. The molecule has 0 saturated carbocycles. The number of alkyl halides is 3. The topological polar surface area (TPSA) is 96.5 Å². The van der Waals surface area contributed by atoms with Crippen LogP contribution in [0.5, 0.6) is 0 Å². The zero-order valence-corrected chi connectivity index (χ0v) is 19.7. The summed E-state index contributed by atoms with van der Waals surface area (Å²) >= 11 is 1.42. The SMILES string of the molecule is CC(C)(C)[C@@H]1CCc2c(sc(NC(=O)Cn3nnc(-c4cccc(C(F)(F)F)c4)n3)c2C#N)C1. The van der Waals surface area contributed by atoms with Gasteiger partial charge in [0.15, 0.2) is 0 Å². The van der Waals surface area contributed by atoms with Crippen molar-refractivity contribution in [2.45, 2.75) is 52.8 Å². The number of aromatic nitrogens is 4. The van der Waals surface area contributed by atoms with Gasteiger partial charge in [-0.2, -0.15) is 23.2 Å². The number of rotatable bonds is 4. The number of carbonyl (C=O) groups excluding carboxylic acids is 1. The lowest BCUT2D eigenvalue weighted by atomic mass is 9.72. The minimum Gasteiger partial charge on any atom is -0.315 e. The third kappa shape index (κ3) is 4.97.